The number of aromatic nitrogens is 2. The molecule has 4 nitrogen and oxygen atoms in total. The Morgan fingerprint density at radius 3 is 3.14 bits per heavy atom. The van der Waals surface area contributed by atoms with Crippen molar-refractivity contribution in [3.05, 3.63) is 52.5 Å². The van der Waals surface area contributed by atoms with Crippen molar-refractivity contribution < 1.29 is 4.79 Å². The summed E-state index contributed by atoms with van der Waals surface area (Å²) in [6, 6.07) is 10.0. The standard InChI is InChI=1S/C16H15N3OS/c20-16(18-7-5-15-12(9-18)6-8-21-15)10-19-11-17-13-3-1-2-4-14(13)19/h1-4,6,8,11H,5,7,9-10H2. The van der Waals surface area contributed by atoms with Crippen LogP contribution in [0.3, 0.4) is 0 Å². The second-order valence-corrected chi connectivity index (χ2v) is 6.30. The Hall–Kier alpha value is -2.14. The number of carbonyl (C=O) groups excluding carboxylic acids is 1. The van der Waals surface area contributed by atoms with Crippen molar-refractivity contribution in [1.29, 1.82) is 0 Å². The number of thiophene rings is 1. The van der Waals surface area contributed by atoms with E-state index in [4.69, 9.17) is 0 Å². The molecule has 3 aromatic rings. The molecule has 0 atom stereocenters. The molecule has 2 aromatic heterocycles. The number of para-hydroxylation sites is 2. The number of rotatable bonds is 2. The average Bonchev–Trinajstić information content (AvgIpc) is 3.13. The highest BCUT2D eigenvalue weighted by Gasteiger charge is 2.21. The molecule has 21 heavy (non-hydrogen) atoms. The van der Waals surface area contributed by atoms with E-state index < -0.39 is 0 Å². The third-order valence-electron chi connectivity index (χ3n) is 3.99. The van der Waals surface area contributed by atoms with Gasteiger partial charge in [-0.05, 0) is 35.6 Å². The lowest BCUT2D eigenvalue weighted by molar-refractivity contribution is -0.132. The van der Waals surface area contributed by atoms with E-state index in [1.165, 1.54) is 10.4 Å². The highest BCUT2D eigenvalue weighted by Crippen LogP contribution is 2.24. The molecular formula is C16H15N3OS. The van der Waals surface area contributed by atoms with Gasteiger partial charge in [-0.1, -0.05) is 12.1 Å². The van der Waals surface area contributed by atoms with E-state index in [-0.39, 0.29) is 5.91 Å². The van der Waals surface area contributed by atoms with Crippen LogP contribution in [0.15, 0.2) is 42.0 Å². The minimum atomic E-state index is 0.162. The number of nitrogens with zero attached hydrogens (tertiary/aromatic N) is 3. The van der Waals surface area contributed by atoms with Gasteiger partial charge in [0.05, 0.1) is 17.4 Å². The topological polar surface area (TPSA) is 38.1 Å². The van der Waals surface area contributed by atoms with E-state index in [0.717, 1.165) is 30.5 Å². The van der Waals surface area contributed by atoms with Crippen LogP contribution in [0.1, 0.15) is 10.4 Å². The summed E-state index contributed by atoms with van der Waals surface area (Å²) in [6.07, 6.45) is 2.73. The van der Waals surface area contributed by atoms with Gasteiger partial charge in [0.1, 0.15) is 6.54 Å². The van der Waals surface area contributed by atoms with Gasteiger partial charge in [0.2, 0.25) is 5.91 Å². The van der Waals surface area contributed by atoms with Gasteiger partial charge in [0.25, 0.3) is 0 Å². The molecule has 0 radical (unpaired) electrons. The maximum absolute atomic E-state index is 12.5. The molecule has 3 heterocycles. The number of fused-ring (bicyclic) bond motifs is 2. The molecule has 0 saturated carbocycles. The molecule has 0 aliphatic carbocycles. The third kappa shape index (κ3) is 2.23. The van der Waals surface area contributed by atoms with Crippen molar-refractivity contribution in [3.8, 4) is 0 Å². The molecule has 0 bridgehead atoms. The zero-order valence-electron chi connectivity index (χ0n) is 11.5. The normalized spacial score (nSPS) is 14.4. The fraction of sp³-hybridized carbons (Fsp3) is 0.250. The van der Waals surface area contributed by atoms with E-state index in [2.05, 4.69) is 16.4 Å². The van der Waals surface area contributed by atoms with Crippen molar-refractivity contribution in [3.63, 3.8) is 0 Å². The van der Waals surface area contributed by atoms with E-state index in [1.807, 2.05) is 33.7 Å². The number of imidazole rings is 1. The fourth-order valence-electron chi connectivity index (χ4n) is 2.84. The molecule has 0 unspecified atom stereocenters. The molecule has 106 valence electrons. The van der Waals surface area contributed by atoms with Crippen LogP contribution in [0.2, 0.25) is 0 Å². The summed E-state index contributed by atoms with van der Waals surface area (Å²) >= 11 is 1.79. The summed E-state index contributed by atoms with van der Waals surface area (Å²) in [6.45, 7) is 1.92. The van der Waals surface area contributed by atoms with E-state index in [1.54, 1.807) is 17.7 Å². The van der Waals surface area contributed by atoms with Crippen molar-refractivity contribution in [2.75, 3.05) is 6.54 Å². The van der Waals surface area contributed by atoms with Crippen LogP contribution >= 0.6 is 11.3 Å². The second-order valence-electron chi connectivity index (χ2n) is 5.30. The van der Waals surface area contributed by atoms with Crippen molar-refractivity contribution in [2.45, 2.75) is 19.5 Å². The molecule has 1 amide bonds. The van der Waals surface area contributed by atoms with Crippen LogP contribution in [0, 0.1) is 0 Å². The number of carbonyl (C=O) groups is 1. The number of hydrogen-bond acceptors (Lipinski definition) is 3. The van der Waals surface area contributed by atoms with Gasteiger partial charge in [-0.25, -0.2) is 4.98 Å². The lowest BCUT2D eigenvalue weighted by Crippen LogP contribution is -2.37. The van der Waals surface area contributed by atoms with Gasteiger partial charge in [0, 0.05) is 18.0 Å². The highest BCUT2D eigenvalue weighted by atomic mass is 32.1. The van der Waals surface area contributed by atoms with Crippen molar-refractivity contribution in [1.82, 2.24) is 14.5 Å². The largest absolute Gasteiger partial charge is 0.336 e. The fourth-order valence-corrected chi connectivity index (χ4v) is 3.73. The van der Waals surface area contributed by atoms with E-state index in [0.29, 0.717) is 6.54 Å². The Morgan fingerprint density at radius 1 is 1.29 bits per heavy atom. The van der Waals surface area contributed by atoms with Crippen LogP contribution in [0.4, 0.5) is 0 Å². The maximum atomic E-state index is 12.5. The number of hydrogen-bond donors (Lipinski definition) is 0. The first kappa shape index (κ1) is 12.6. The molecule has 0 spiro atoms. The SMILES string of the molecule is O=C(Cn1cnc2ccccc21)N1CCc2sccc2C1. The van der Waals surface area contributed by atoms with Gasteiger partial charge in [-0.15, -0.1) is 11.3 Å². The van der Waals surface area contributed by atoms with Crippen LogP contribution in [0.5, 0.6) is 0 Å². The summed E-state index contributed by atoms with van der Waals surface area (Å²) in [4.78, 5) is 20.2. The number of benzene rings is 1. The summed E-state index contributed by atoms with van der Waals surface area (Å²) in [7, 11) is 0. The quantitative estimate of drug-likeness (QED) is 0.729. The van der Waals surface area contributed by atoms with E-state index in [9.17, 15) is 4.79 Å². The third-order valence-corrected chi connectivity index (χ3v) is 5.02. The predicted octanol–water partition coefficient (Wildman–Crippen LogP) is 2.68. The first-order valence-electron chi connectivity index (χ1n) is 7.04. The number of amides is 1. The molecular weight excluding hydrogens is 282 g/mol. The monoisotopic (exact) mass is 297 g/mol. The first-order valence-corrected chi connectivity index (χ1v) is 7.92. The summed E-state index contributed by atoms with van der Waals surface area (Å²) in [5.74, 6) is 0.162. The molecule has 0 N–H and O–H groups in total. The van der Waals surface area contributed by atoms with Crippen LogP contribution in [-0.4, -0.2) is 26.9 Å². The van der Waals surface area contributed by atoms with Gasteiger partial charge < -0.3 is 9.47 Å². The smallest absolute Gasteiger partial charge is 0.242 e. The molecule has 4 rings (SSSR count). The Labute approximate surface area is 126 Å². The highest BCUT2D eigenvalue weighted by molar-refractivity contribution is 7.10. The Morgan fingerprint density at radius 2 is 2.19 bits per heavy atom. The van der Waals surface area contributed by atoms with Crippen LogP contribution in [0.25, 0.3) is 11.0 Å². The lowest BCUT2D eigenvalue weighted by atomic mass is 10.1. The van der Waals surface area contributed by atoms with Crippen LogP contribution in [-0.2, 0) is 24.3 Å². The van der Waals surface area contributed by atoms with Gasteiger partial charge in [0.15, 0.2) is 0 Å². The van der Waals surface area contributed by atoms with Crippen LogP contribution < -0.4 is 0 Å². The minimum absolute atomic E-state index is 0.162. The van der Waals surface area contributed by atoms with Crippen molar-refractivity contribution in [2.24, 2.45) is 0 Å². The summed E-state index contributed by atoms with van der Waals surface area (Å²) in [5.41, 5.74) is 3.25. The second kappa shape index (κ2) is 5.00. The molecule has 0 saturated heterocycles. The summed E-state index contributed by atoms with van der Waals surface area (Å²) in [5, 5.41) is 2.11. The predicted molar refractivity (Wildman–Crippen MR) is 83.2 cm³/mol. The maximum Gasteiger partial charge on any atom is 0.242 e. The molecule has 1 aromatic carbocycles. The first-order chi connectivity index (χ1) is 10.3. The Balaban J connectivity index is 1.54. The van der Waals surface area contributed by atoms with Gasteiger partial charge >= 0.3 is 0 Å². The summed E-state index contributed by atoms with van der Waals surface area (Å²) < 4.78 is 1.93. The van der Waals surface area contributed by atoms with E-state index >= 15 is 0 Å². The molecule has 1 aliphatic rings. The molecule has 1 aliphatic heterocycles. The lowest BCUT2D eigenvalue weighted by Gasteiger charge is -2.27. The van der Waals surface area contributed by atoms with Gasteiger partial charge in [-0.2, -0.15) is 0 Å². The Kier molecular flexibility index (Phi) is 3.00. The molecule has 5 heteroatoms. The minimum Gasteiger partial charge on any atom is -0.336 e. The Bertz CT molecular complexity index is 805. The average molecular weight is 297 g/mol. The zero-order valence-corrected chi connectivity index (χ0v) is 12.3. The zero-order chi connectivity index (χ0) is 14.2. The molecule has 0 fully saturated rings. The van der Waals surface area contributed by atoms with Crippen molar-refractivity contribution >= 4 is 28.3 Å². The van der Waals surface area contributed by atoms with Gasteiger partial charge in [-0.3, -0.25) is 4.79 Å².